The van der Waals surface area contributed by atoms with E-state index in [-0.39, 0.29) is 11.9 Å². The van der Waals surface area contributed by atoms with Gasteiger partial charge in [0, 0.05) is 29.9 Å². The molecule has 2 N–H and O–H groups in total. The summed E-state index contributed by atoms with van der Waals surface area (Å²) in [6, 6.07) is 6.93. The summed E-state index contributed by atoms with van der Waals surface area (Å²) in [5.41, 5.74) is 2.44. The van der Waals surface area contributed by atoms with Crippen molar-refractivity contribution in [2.45, 2.75) is 50.7 Å². The molecule has 0 spiro atoms. The van der Waals surface area contributed by atoms with Crippen LogP contribution < -0.4 is 15.4 Å². The number of carbonyl (C=O) groups is 1. The van der Waals surface area contributed by atoms with Crippen molar-refractivity contribution < 1.29 is 9.53 Å². The number of aryl methyl sites for hydroxylation is 1. The van der Waals surface area contributed by atoms with Crippen LogP contribution in [0.1, 0.15) is 41.7 Å². The molecule has 0 aliphatic carbocycles. The molecule has 1 amide bonds. The molecule has 3 heterocycles. The van der Waals surface area contributed by atoms with Gasteiger partial charge in [-0.3, -0.25) is 4.79 Å². The number of imidazole rings is 1. The second-order valence-corrected chi connectivity index (χ2v) is 7.09. The number of carbonyl (C=O) groups excluding carboxylic acids is 1. The van der Waals surface area contributed by atoms with E-state index in [1.54, 1.807) is 19.5 Å². The van der Waals surface area contributed by atoms with Crippen LogP contribution in [0.5, 0.6) is 5.75 Å². The quantitative estimate of drug-likeness (QED) is 0.895. The van der Waals surface area contributed by atoms with E-state index in [2.05, 4.69) is 15.6 Å². The minimum absolute atomic E-state index is 0.0297. The summed E-state index contributed by atoms with van der Waals surface area (Å²) in [5, 5.41) is 6.80. The SMILES string of the molecule is COc1cc(C(=O)NC2CC3CCC(C2)N3)ccc1-n1cnc(C)c1. The highest BCUT2D eigenvalue weighted by Crippen LogP contribution is 2.28. The van der Waals surface area contributed by atoms with Crippen molar-refractivity contribution >= 4 is 5.91 Å². The van der Waals surface area contributed by atoms with Gasteiger partial charge in [0.05, 0.1) is 24.8 Å². The summed E-state index contributed by atoms with van der Waals surface area (Å²) < 4.78 is 7.40. The van der Waals surface area contributed by atoms with Gasteiger partial charge in [-0.05, 0) is 50.8 Å². The summed E-state index contributed by atoms with van der Waals surface area (Å²) in [6.45, 7) is 1.94. The number of hydrogen-bond acceptors (Lipinski definition) is 4. The van der Waals surface area contributed by atoms with Gasteiger partial charge in [0.1, 0.15) is 5.75 Å². The molecule has 6 heteroatoms. The third kappa shape index (κ3) is 3.26. The van der Waals surface area contributed by atoms with E-state index in [4.69, 9.17) is 4.74 Å². The zero-order chi connectivity index (χ0) is 17.4. The predicted octanol–water partition coefficient (Wildman–Crippen LogP) is 2.20. The minimum Gasteiger partial charge on any atom is -0.495 e. The van der Waals surface area contributed by atoms with Gasteiger partial charge in [-0.1, -0.05) is 0 Å². The Balaban J connectivity index is 1.51. The fraction of sp³-hybridized carbons (Fsp3) is 0.474. The van der Waals surface area contributed by atoms with Crippen molar-refractivity contribution in [3.05, 3.63) is 42.0 Å². The normalized spacial score (nSPS) is 25.0. The smallest absolute Gasteiger partial charge is 0.251 e. The summed E-state index contributed by atoms with van der Waals surface area (Å²) in [6.07, 6.45) is 8.17. The van der Waals surface area contributed by atoms with Crippen LogP contribution in [-0.2, 0) is 0 Å². The number of amides is 1. The van der Waals surface area contributed by atoms with Crippen molar-refractivity contribution in [2.24, 2.45) is 0 Å². The number of piperidine rings is 1. The first-order valence-electron chi connectivity index (χ1n) is 8.88. The number of hydrogen-bond donors (Lipinski definition) is 2. The lowest BCUT2D eigenvalue weighted by Gasteiger charge is -2.29. The molecule has 2 atom stereocenters. The fourth-order valence-electron chi connectivity index (χ4n) is 4.03. The zero-order valence-electron chi connectivity index (χ0n) is 14.7. The lowest BCUT2D eigenvalue weighted by Crippen LogP contribution is -2.48. The summed E-state index contributed by atoms with van der Waals surface area (Å²) in [4.78, 5) is 16.9. The van der Waals surface area contributed by atoms with Gasteiger partial charge in [-0.25, -0.2) is 4.98 Å². The maximum atomic E-state index is 12.7. The molecule has 1 aromatic carbocycles. The largest absolute Gasteiger partial charge is 0.495 e. The molecule has 4 rings (SSSR count). The Kier molecular flexibility index (Phi) is 4.21. The van der Waals surface area contributed by atoms with Gasteiger partial charge in [-0.15, -0.1) is 0 Å². The maximum absolute atomic E-state index is 12.7. The Bertz CT molecular complexity index is 773. The predicted molar refractivity (Wildman–Crippen MR) is 95.3 cm³/mol. The Hall–Kier alpha value is -2.34. The monoisotopic (exact) mass is 340 g/mol. The topological polar surface area (TPSA) is 68.2 Å². The Morgan fingerprint density at radius 1 is 1.32 bits per heavy atom. The molecular formula is C19H24N4O2. The number of methoxy groups -OCH3 is 1. The van der Waals surface area contributed by atoms with Crippen molar-refractivity contribution in [3.8, 4) is 11.4 Å². The van der Waals surface area contributed by atoms with E-state index in [0.717, 1.165) is 24.2 Å². The third-order valence-corrected chi connectivity index (χ3v) is 5.24. The van der Waals surface area contributed by atoms with Crippen molar-refractivity contribution in [1.29, 1.82) is 0 Å². The van der Waals surface area contributed by atoms with E-state index < -0.39 is 0 Å². The van der Waals surface area contributed by atoms with Gasteiger partial charge in [0.25, 0.3) is 5.91 Å². The molecule has 2 aliphatic heterocycles. The molecule has 2 saturated heterocycles. The number of rotatable bonds is 4. The molecule has 25 heavy (non-hydrogen) atoms. The number of benzene rings is 1. The third-order valence-electron chi connectivity index (χ3n) is 5.24. The van der Waals surface area contributed by atoms with Crippen LogP contribution in [-0.4, -0.2) is 40.7 Å². The molecule has 0 radical (unpaired) electrons. The van der Waals surface area contributed by atoms with Crippen LogP contribution >= 0.6 is 0 Å². The number of aromatic nitrogens is 2. The molecule has 2 aromatic rings. The standard InChI is InChI=1S/C19H24N4O2/c1-12-10-23(11-20-12)17-6-3-13(7-18(17)25-2)19(24)22-16-8-14-4-5-15(9-16)21-14/h3,6-7,10-11,14-16,21H,4-5,8-9H2,1-2H3,(H,22,24). The lowest BCUT2D eigenvalue weighted by molar-refractivity contribution is 0.0923. The first-order valence-corrected chi connectivity index (χ1v) is 8.88. The van der Waals surface area contributed by atoms with Crippen LogP contribution in [0.3, 0.4) is 0 Å². The molecule has 1 aromatic heterocycles. The van der Waals surface area contributed by atoms with Crippen LogP contribution in [0.2, 0.25) is 0 Å². The fourth-order valence-corrected chi connectivity index (χ4v) is 4.03. The Labute approximate surface area is 147 Å². The van der Waals surface area contributed by atoms with Gasteiger partial charge in [0.15, 0.2) is 0 Å². The number of nitrogens with zero attached hydrogens (tertiary/aromatic N) is 2. The van der Waals surface area contributed by atoms with Crippen LogP contribution in [0.15, 0.2) is 30.7 Å². The number of fused-ring (bicyclic) bond motifs is 2. The molecule has 0 saturated carbocycles. The molecular weight excluding hydrogens is 316 g/mol. The number of ether oxygens (including phenoxy) is 1. The highest BCUT2D eigenvalue weighted by Gasteiger charge is 2.34. The molecule has 6 nitrogen and oxygen atoms in total. The molecule has 2 unspecified atom stereocenters. The van der Waals surface area contributed by atoms with Crippen LogP contribution in [0.25, 0.3) is 5.69 Å². The lowest BCUT2D eigenvalue weighted by atomic mass is 9.99. The Morgan fingerprint density at radius 3 is 2.72 bits per heavy atom. The average Bonchev–Trinajstić information content (AvgIpc) is 3.19. The maximum Gasteiger partial charge on any atom is 0.251 e. The molecule has 2 fully saturated rings. The average molecular weight is 340 g/mol. The second-order valence-electron chi connectivity index (χ2n) is 7.09. The highest BCUT2D eigenvalue weighted by molar-refractivity contribution is 5.95. The number of nitrogens with one attached hydrogen (secondary N) is 2. The minimum atomic E-state index is -0.0297. The van der Waals surface area contributed by atoms with Gasteiger partial charge >= 0.3 is 0 Å². The zero-order valence-corrected chi connectivity index (χ0v) is 14.7. The molecule has 2 bridgehead atoms. The first-order chi connectivity index (χ1) is 12.1. The van der Waals surface area contributed by atoms with Gasteiger partial charge < -0.3 is 19.9 Å². The van der Waals surface area contributed by atoms with E-state index in [9.17, 15) is 4.79 Å². The first kappa shape index (κ1) is 16.1. The summed E-state index contributed by atoms with van der Waals surface area (Å²) in [5.74, 6) is 0.633. The van der Waals surface area contributed by atoms with E-state index >= 15 is 0 Å². The van der Waals surface area contributed by atoms with Crippen LogP contribution in [0.4, 0.5) is 0 Å². The van der Waals surface area contributed by atoms with Crippen molar-refractivity contribution in [1.82, 2.24) is 20.2 Å². The summed E-state index contributed by atoms with van der Waals surface area (Å²) in [7, 11) is 1.62. The van der Waals surface area contributed by atoms with Gasteiger partial charge in [0.2, 0.25) is 0 Å². The van der Waals surface area contributed by atoms with Crippen molar-refractivity contribution in [3.63, 3.8) is 0 Å². The molecule has 2 aliphatic rings. The van der Waals surface area contributed by atoms with E-state index in [1.807, 2.05) is 29.8 Å². The van der Waals surface area contributed by atoms with Crippen LogP contribution in [0, 0.1) is 6.92 Å². The Morgan fingerprint density at radius 2 is 2.08 bits per heavy atom. The summed E-state index contributed by atoms with van der Waals surface area (Å²) >= 11 is 0. The van der Waals surface area contributed by atoms with Crippen molar-refractivity contribution in [2.75, 3.05) is 7.11 Å². The van der Waals surface area contributed by atoms with E-state index in [0.29, 0.717) is 23.4 Å². The van der Waals surface area contributed by atoms with E-state index in [1.165, 1.54) is 12.8 Å². The second kappa shape index (κ2) is 6.52. The van der Waals surface area contributed by atoms with Gasteiger partial charge in [-0.2, -0.15) is 0 Å². The highest BCUT2D eigenvalue weighted by atomic mass is 16.5. The molecule has 132 valence electrons.